The molecule has 2 aromatic carbocycles. The van der Waals surface area contributed by atoms with E-state index in [1.165, 1.54) is 0 Å². The van der Waals surface area contributed by atoms with Crippen LogP contribution in [0.4, 0.5) is 17.3 Å². The van der Waals surface area contributed by atoms with Gasteiger partial charge in [-0.2, -0.15) is 5.10 Å². The molecule has 0 saturated carbocycles. The maximum Gasteiger partial charge on any atom is 0.327 e. The lowest BCUT2D eigenvalue weighted by molar-refractivity contribution is -0.118. The molecule has 0 radical (unpaired) electrons. The van der Waals surface area contributed by atoms with Crippen LogP contribution in [0.5, 0.6) is 0 Å². The van der Waals surface area contributed by atoms with Gasteiger partial charge in [-0.15, -0.1) is 0 Å². The Morgan fingerprint density at radius 2 is 1.69 bits per heavy atom. The summed E-state index contributed by atoms with van der Waals surface area (Å²) in [5, 5.41) is 10.8. The third-order valence-corrected chi connectivity index (χ3v) is 6.17. The first-order valence-corrected chi connectivity index (χ1v) is 10.1. The zero-order valence-electron chi connectivity index (χ0n) is 17.2. The minimum atomic E-state index is -1.47. The quantitative estimate of drug-likeness (QED) is 0.371. The number of nitrogens with zero attached hydrogens (tertiary/aromatic N) is 2. The van der Waals surface area contributed by atoms with E-state index in [1.807, 2.05) is 62.4 Å². The molecule has 0 saturated heterocycles. The number of hydrogen-bond acceptors (Lipinski definition) is 5. The Kier molecular flexibility index (Phi) is 3.48. The number of aryl methyl sites for hydroxylation is 2. The average Bonchev–Trinajstić information content (AvgIpc) is 3.23. The van der Waals surface area contributed by atoms with Gasteiger partial charge in [0.1, 0.15) is 17.1 Å². The van der Waals surface area contributed by atoms with Gasteiger partial charge < -0.3 is 10.6 Å². The third-order valence-electron chi connectivity index (χ3n) is 6.17. The van der Waals surface area contributed by atoms with Gasteiger partial charge >= 0.3 is 5.69 Å². The normalized spacial score (nSPS) is 18.0. The molecule has 9 nitrogen and oxygen atoms in total. The van der Waals surface area contributed by atoms with E-state index in [-0.39, 0.29) is 17.3 Å². The maximum absolute atomic E-state index is 13.8. The van der Waals surface area contributed by atoms with Gasteiger partial charge in [0.15, 0.2) is 0 Å². The number of benzene rings is 2. The van der Waals surface area contributed by atoms with Gasteiger partial charge in [-0.25, -0.2) is 9.48 Å². The van der Waals surface area contributed by atoms with Crippen LogP contribution in [-0.2, 0) is 10.2 Å². The van der Waals surface area contributed by atoms with Gasteiger partial charge in [0.25, 0.3) is 5.56 Å². The van der Waals surface area contributed by atoms with Crippen LogP contribution in [-0.4, -0.2) is 25.7 Å². The van der Waals surface area contributed by atoms with E-state index in [9.17, 15) is 14.4 Å². The van der Waals surface area contributed by atoms with Gasteiger partial charge in [0.05, 0.1) is 16.9 Å². The lowest BCUT2D eigenvalue weighted by Crippen LogP contribution is -2.46. The fraction of sp³-hybridized carbons (Fsp3) is 0.130. The molecule has 2 aromatic heterocycles. The van der Waals surface area contributed by atoms with E-state index in [4.69, 9.17) is 5.10 Å². The zero-order valence-corrected chi connectivity index (χ0v) is 17.2. The zero-order chi connectivity index (χ0) is 22.2. The van der Waals surface area contributed by atoms with Crippen LogP contribution in [0.2, 0.25) is 0 Å². The molecule has 0 fully saturated rings. The van der Waals surface area contributed by atoms with Crippen LogP contribution in [0.25, 0.3) is 5.69 Å². The lowest BCUT2D eigenvalue weighted by Gasteiger charge is -2.34. The Balaban J connectivity index is 1.80. The number of fused-ring (bicyclic) bond motifs is 6. The van der Waals surface area contributed by atoms with E-state index in [0.717, 1.165) is 11.3 Å². The van der Waals surface area contributed by atoms with Crippen LogP contribution >= 0.6 is 0 Å². The van der Waals surface area contributed by atoms with Crippen molar-refractivity contribution in [1.82, 2.24) is 19.7 Å². The van der Waals surface area contributed by atoms with Crippen molar-refractivity contribution in [2.24, 2.45) is 0 Å². The summed E-state index contributed by atoms with van der Waals surface area (Å²) in [7, 11) is 0. The summed E-state index contributed by atoms with van der Waals surface area (Å²) in [5.41, 5.74) is 1.55. The van der Waals surface area contributed by atoms with Gasteiger partial charge in [-0.1, -0.05) is 35.9 Å². The van der Waals surface area contributed by atoms with E-state index in [0.29, 0.717) is 28.3 Å². The highest BCUT2D eigenvalue weighted by Gasteiger charge is 2.58. The fourth-order valence-corrected chi connectivity index (χ4v) is 4.94. The second-order valence-electron chi connectivity index (χ2n) is 8.09. The fourth-order valence-electron chi connectivity index (χ4n) is 4.94. The molecule has 2 aliphatic heterocycles. The number of rotatable bonds is 1. The minimum absolute atomic E-state index is 0.141. The molecule has 1 amide bonds. The monoisotopic (exact) mass is 426 g/mol. The van der Waals surface area contributed by atoms with E-state index < -0.39 is 16.7 Å². The average molecular weight is 426 g/mol. The van der Waals surface area contributed by atoms with Crippen molar-refractivity contribution in [2.45, 2.75) is 19.3 Å². The smallest absolute Gasteiger partial charge is 0.326 e. The standard InChI is InChI=1S/C23H18N6O3/c1-11-8-9-15-14(10-11)23(21(31)24-15)16-12(2)28-29(13-6-4-3-5-7-13)19(16)25-18-17(23)20(30)27-22(32)26-18/h3-10H,1-2H3,(H,24,31)(H3,25,26,27,30,32)/t23-/m1/s1. The maximum atomic E-state index is 13.8. The molecule has 1 spiro atoms. The van der Waals surface area contributed by atoms with Crippen LogP contribution in [0, 0.1) is 13.8 Å². The summed E-state index contributed by atoms with van der Waals surface area (Å²) in [5.74, 6) is 0.329. The molecule has 4 N–H and O–H groups in total. The van der Waals surface area contributed by atoms with E-state index in [2.05, 4.69) is 20.6 Å². The third kappa shape index (κ3) is 2.16. The summed E-state index contributed by atoms with van der Waals surface area (Å²) in [6.45, 7) is 3.74. The molecule has 4 heterocycles. The van der Waals surface area contributed by atoms with Gasteiger partial charge in [0, 0.05) is 16.8 Å². The number of carbonyl (C=O) groups is 1. The predicted molar refractivity (Wildman–Crippen MR) is 119 cm³/mol. The van der Waals surface area contributed by atoms with E-state index in [1.54, 1.807) is 4.68 Å². The first-order valence-electron chi connectivity index (χ1n) is 10.1. The van der Waals surface area contributed by atoms with Crippen molar-refractivity contribution < 1.29 is 4.79 Å². The second-order valence-corrected chi connectivity index (χ2v) is 8.09. The Bertz CT molecular complexity index is 1560. The van der Waals surface area contributed by atoms with Crippen LogP contribution in [0.15, 0.2) is 58.1 Å². The number of amides is 1. The van der Waals surface area contributed by atoms with Crippen molar-refractivity contribution in [3.8, 4) is 5.69 Å². The number of H-pyrrole nitrogens is 2. The van der Waals surface area contributed by atoms with Crippen molar-refractivity contribution >= 4 is 23.2 Å². The first kappa shape index (κ1) is 18.4. The number of hydrogen-bond donors (Lipinski definition) is 4. The van der Waals surface area contributed by atoms with Crippen LogP contribution < -0.4 is 21.9 Å². The molecule has 0 aliphatic carbocycles. The largest absolute Gasteiger partial charge is 0.327 e. The lowest BCUT2D eigenvalue weighted by atomic mass is 9.68. The highest BCUT2D eigenvalue weighted by atomic mass is 16.2. The summed E-state index contributed by atoms with van der Waals surface area (Å²) < 4.78 is 1.69. The number of carbonyl (C=O) groups excluding carboxylic acids is 1. The van der Waals surface area contributed by atoms with Gasteiger partial charge in [0.2, 0.25) is 5.91 Å². The Morgan fingerprint density at radius 3 is 2.47 bits per heavy atom. The molecular weight excluding hydrogens is 408 g/mol. The number of nitrogens with one attached hydrogen (secondary N) is 4. The molecule has 0 bridgehead atoms. The van der Waals surface area contributed by atoms with Crippen molar-refractivity contribution in [3.05, 3.63) is 97.3 Å². The Hall–Kier alpha value is -4.40. The molecule has 1 atom stereocenters. The summed E-state index contributed by atoms with van der Waals surface area (Å²) in [6, 6.07) is 15.1. The number of anilines is 3. The van der Waals surface area contributed by atoms with Crippen molar-refractivity contribution in [3.63, 3.8) is 0 Å². The van der Waals surface area contributed by atoms with Crippen LogP contribution in [0.1, 0.15) is 27.9 Å². The first-order chi connectivity index (χ1) is 15.4. The molecule has 0 unspecified atom stereocenters. The SMILES string of the molecule is Cc1ccc2c(c1)[C@@]1(C(=O)N2)c2c(C)nn(-c3ccccc3)c2Nc2[nH]c(=O)[nH]c(=O)c21. The highest BCUT2D eigenvalue weighted by Crippen LogP contribution is 2.54. The molecule has 2 aliphatic rings. The Labute approximate surface area is 181 Å². The summed E-state index contributed by atoms with van der Waals surface area (Å²) in [4.78, 5) is 44.0. The van der Waals surface area contributed by atoms with Gasteiger partial charge in [-0.3, -0.25) is 19.6 Å². The van der Waals surface area contributed by atoms with E-state index >= 15 is 0 Å². The predicted octanol–water partition coefficient (Wildman–Crippen LogP) is 2.21. The summed E-state index contributed by atoms with van der Waals surface area (Å²) in [6.07, 6.45) is 0. The second kappa shape index (κ2) is 6.07. The summed E-state index contributed by atoms with van der Waals surface area (Å²) >= 11 is 0. The minimum Gasteiger partial charge on any atom is -0.326 e. The Morgan fingerprint density at radius 1 is 0.906 bits per heavy atom. The topological polar surface area (TPSA) is 125 Å². The molecular formula is C23H18N6O3. The molecule has 158 valence electrons. The molecule has 32 heavy (non-hydrogen) atoms. The van der Waals surface area contributed by atoms with Crippen molar-refractivity contribution in [1.29, 1.82) is 0 Å². The highest BCUT2D eigenvalue weighted by molar-refractivity contribution is 6.14. The number of para-hydroxylation sites is 1. The molecule has 4 aromatic rings. The van der Waals surface area contributed by atoms with Crippen LogP contribution in [0.3, 0.4) is 0 Å². The van der Waals surface area contributed by atoms with Gasteiger partial charge in [-0.05, 0) is 32.0 Å². The number of aromatic amines is 2. The van der Waals surface area contributed by atoms with Crippen molar-refractivity contribution in [2.75, 3.05) is 10.6 Å². The molecule has 9 heteroatoms. The number of aromatic nitrogens is 4. The molecule has 6 rings (SSSR count).